The van der Waals surface area contributed by atoms with E-state index in [0.29, 0.717) is 22.7 Å². The number of nitrogens with zero attached hydrogens (tertiary/aromatic N) is 4. The van der Waals surface area contributed by atoms with E-state index in [1.54, 1.807) is 12.1 Å². The van der Waals surface area contributed by atoms with Gasteiger partial charge in [0.2, 0.25) is 11.8 Å². The summed E-state index contributed by atoms with van der Waals surface area (Å²) in [4.78, 5) is 32.6. The Hall–Kier alpha value is -4.75. The smallest absolute Gasteiger partial charge is 0.422 e. The molecule has 3 aromatic heterocycles. The second-order valence-electron chi connectivity index (χ2n) is 7.95. The second-order valence-corrected chi connectivity index (χ2v) is 7.95. The average molecular weight is 532 g/mol. The molecule has 0 atom stereocenters. The minimum Gasteiger partial charge on any atom is -0.484 e. The number of amides is 2. The zero-order valence-corrected chi connectivity index (χ0v) is 20.0. The first-order chi connectivity index (χ1) is 18.0. The molecule has 0 unspecified atom stereocenters. The highest BCUT2D eigenvalue weighted by Crippen LogP contribution is 2.26. The lowest BCUT2D eigenvalue weighted by Crippen LogP contribution is -2.25. The van der Waals surface area contributed by atoms with Crippen LogP contribution in [-0.2, 0) is 11.3 Å². The van der Waals surface area contributed by atoms with Gasteiger partial charge in [-0.15, -0.1) is 0 Å². The molecular weight excluding hydrogens is 512 g/mol. The first-order valence-corrected chi connectivity index (χ1v) is 11.0. The maximum absolute atomic E-state index is 13.7. The standard InChI is InChI=1S/C24H20F4N6O4/c1-13(35)31-20-11-34-21(32-20)6-4-18(33-34)14-8-17(23(37-2)30-9-14)22(36)29-10-15-7-16(25)3-5-19(15)38-12-24(26,27)28/h3-9,11H,10,12H2,1-2H3,(H,29,36)(H,31,35). The quantitative estimate of drug-likeness (QED) is 0.332. The molecule has 0 aliphatic rings. The minimum absolute atomic E-state index is 0.00521. The lowest BCUT2D eigenvalue weighted by Gasteiger charge is -2.14. The van der Waals surface area contributed by atoms with Crippen molar-refractivity contribution in [3.8, 4) is 22.9 Å². The molecule has 14 heteroatoms. The molecular formula is C24H20F4N6O4. The molecule has 0 bridgehead atoms. The van der Waals surface area contributed by atoms with E-state index in [9.17, 15) is 27.2 Å². The molecule has 0 saturated heterocycles. The number of rotatable bonds is 8. The largest absolute Gasteiger partial charge is 0.484 e. The topological polar surface area (TPSA) is 120 Å². The molecule has 2 N–H and O–H groups in total. The highest BCUT2D eigenvalue weighted by Gasteiger charge is 2.29. The number of hydrogen-bond donors (Lipinski definition) is 2. The van der Waals surface area contributed by atoms with Crippen LogP contribution in [0.25, 0.3) is 16.9 Å². The molecule has 4 aromatic rings. The molecule has 2 amide bonds. The number of carbonyl (C=O) groups is 2. The van der Waals surface area contributed by atoms with Gasteiger partial charge in [-0.1, -0.05) is 0 Å². The third kappa shape index (κ3) is 6.32. The summed E-state index contributed by atoms with van der Waals surface area (Å²) in [7, 11) is 1.31. The number of anilines is 1. The van der Waals surface area contributed by atoms with Gasteiger partial charge in [0.1, 0.15) is 17.1 Å². The molecule has 38 heavy (non-hydrogen) atoms. The fourth-order valence-electron chi connectivity index (χ4n) is 3.45. The number of benzene rings is 1. The number of aromatic nitrogens is 4. The summed E-state index contributed by atoms with van der Waals surface area (Å²) >= 11 is 0. The zero-order chi connectivity index (χ0) is 27.4. The summed E-state index contributed by atoms with van der Waals surface area (Å²) < 4.78 is 62.8. The van der Waals surface area contributed by atoms with Crippen LogP contribution in [0.2, 0.25) is 0 Å². The van der Waals surface area contributed by atoms with Crippen molar-refractivity contribution in [3.05, 3.63) is 65.7 Å². The Bertz CT molecular complexity index is 1510. The molecule has 0 radical (unpaired) electrons. The van der Waals surface area contributed by atoms with Gasteiger partial charge in [0.05, 0.1) is 19.0 Å². The summed E-state index contributed by atoms with van der Waals surface area (Å²) in [5.74, 6) is -1.61. The van der Waals surface area contributed by atoms with Crippen molar-refractivity contribution >= 4 is 23.3 Å². The number of fused-ring (bicyclic) bond motifs is 1. The molecule has 4 rings (SSSR count). The molecule has 0 saturated carbocycles. The van der Waals surface area contributed by atoms with Crippen LogP contribution >= 0.6 is 0 Å². The van der Waals surface area contributed by atoms with Crippen molar-refractivity contribution in [1.82, 2.24) is 24.9 Å². The van der Waals surface area contributed by atoms with Crippen LogP contribution in [0.5, 0.6) is 11.6 Å². The van der Waals surface area contributed by atoms with E-state index in [1.165, 1.54) is 37.0 Å². The summed E-state index contributed by atoms with van der Waals surface area (Å²) in [6.45, 7) is -0.550. The van der Waals surface area contributed by atoms with Gasteiger partial charge in [0.25, 0.3) is 5.91 Å². The minimum atomic E-state index is -4.59. The molecule has 0 aliphatic carbocycles. The van der Waals surface area contributed by atoms with E-state index in [-0.39, 0.29) is 35.2 Å². The van der Waals surface area contributed by atoms with Crippen molar-refractivity contribution < 1.29 is 36.6 Å². The Kier molecular flexibility index (Phi) is 7.41. The van der Waals surface area contributed by atoms with Crippen LogP contribution in [0.4, 0.5) is 23.4 Å². The number of imidazole rings is 1. The van der Waals surface area contributed by atoms with Gasteiger partial charge in [-0.05, 0) is 36.4 Å². The third-order valence-corrected chi connectivity index (χ3v) is 5.06. The average Bonchev–Trinajstić information content (AvgIpc) is 3.26. The van der Waals surface area contributed by atoms with E-state index < -0.39 is 24.5 Å². The molecule has 3 heterocycles. The van der Waals surface area contributed by atoms with Crippen LogP contribution in [-0.4, -0.2) is 51.3 Å². The van der Waals surface area contributed by atoms with Crippen LogP contribution in [0.15, 0.2) is 48.8 Å². The number of halogens is 4. The van der Waals surface area contributed by atoms with Crippen molar-refractivity contribution in [2.45, 2.75) is 19.6 Å². The summed E-state index contributed by atoms with van der Waals surface area (Å²) in [5.41, 5.74) is 1.34. The lowest BCUT2D eigenvalue weighted by atomic mass is 10.1. The van der Waals surface area contributed by atoms with E-state index in [0.717, 1.165) is 18.2 Å². The number of carbonyl (C=O) groups excluding carboxylic acids is 2. The Morgan fingerprint density at radius 2 is 1.92 bits per heavy atom. The predicted octanol–water partition coefficient (Wildman–Crippen LogP) is 3.77. The first kappa shape index (κ1) is 26.3. The maximum Gasteiger partial charge on any atom is 0.422 e. The molecule has 198 valence electrons. The SMILES string of the molecule is COc1ncc(-c2ccc3nc(NC(C)=O)cn3n2)cc1C(=O)NCc1cc(F)ccc1OCC(F)(F)F. The van der Waals surface area contributed by atoms with Gasteiger partial charge in [0.15, 0.2) is 18.1 Å². The molecule has 10 nitrogen and oxygen atoms in total. The summed E-state index contributed by atoms with van der Waals surface area (Å²) in [6.07, 6.45) is -1.64. The first-order valence-electron chi connectivity index (χ1n) is 11.0. The highest BCUT2D eigenvalue weighted by molar-refractivity contribution is 5.97. The van der Waals surface area contributed by atoms with Crippen molar-refractivity contribution in [2.75, 3.05) is 19.0 Å². The van der Waals surface area contributed by atoms with Crippen LogP contribution < -0.4 is 20.1 Å². The van der Waals surface area contributed by atoms with Gasteiger partial charge in [-0.25, -0.2) is 18.9 Å². The number of alkyl halides is 3. The number of nitrogens with one attached hydrogen (secondary N) is 2. The van der Waals surface area contributed by atoms with Gasteiger partial charge in [-0.2, -0.15) is 18.3 Å². The van der Waals surface area contributed by atoms with Crippen LogP contribution in [0.1, 0.15) is 22.8 Å². The van der Waals surface area contributed by atoms with Crippen molar-refractivity contribution in [1.29, 1.82) is 0 Å². The summed E-state index contributed by atoms with van der Waals surface area (Å²) in [5, 5.41) is 9.51. The Balaban J connectivity index is 1.57. The van der Waals surface area contributed by atoms with Crippen LogP contribution in [0, 0.1) is 5.82 Å². The second kappa shape index (κ2) is 10.7. The Labute approximate surface area is 212 Å². The predicted molar refractivity (Wildman–Crippen MR) is 126 cm³/mol. The van der Waals surface area contributed by atoms with Gasteiger partial charge < -0.3 is 20.1 Å². The normalized spacial score (nSPS) is 11.3. The molecule has 0 spiro atoms. The van der Waals surface area contributed by atoms with E-state index >= 15 is 0 Å². The highest BCUT2D eigenvalue weighted by atomic mass is 19.4. The Morgan fingerprint density at radius 3 is 2.63 bits per heavy atom. The monoisotopic (exact) mass is 532 g/mol. The summed E-state index contributed by atoms with van der Waals surface area (Å²) in [6, 6.07) is 7.74. The molecule has 0 aliphatic heterocycles. The van der Waals surface area contributed by atoms with E-state index in [1.807, 2.05) is 0 Å². The van der Waals surface area contributed by atoms with Crippen molar-refractivity contribution in [2.24, 2.45) is 0 Å². The number of methoxy groups -OCH3 is 1. The fourth-order valence-corrected chi connectivity index (χ4v) is 3.45. The van der Waals surface area contributed by atoms with Crippen LogP contribution in [0.3, 0.4) is 0 Å². The molecule has 0 fully saturated rings. The maximum atomic E-state index is 13.7. The van der Waals surface area contributed by atoms with Gasteiger partial charge in [0, 0.05) is 30.8 Å². The van der Waals surface area contributed by atoms with E-state index in [2.05, 4.69) is 25.7 Å². The molecule has 1 aromatic carbocycles. The van der Waals surface area contributed by atoms with Gasteiger partial charge in [-0.3, -0.25) is 9.59 Å². The third-order valence-electron chi connectivity index (χ3n) is 5.06. The zero-order valence-electron chi connectivity index (χ0n) is 20.0. The Morgan fingerprint density at radius 1 is 1.13 bits per heavy atom. The van der Waals surface area contributed by atoms with E-state index in [4.69, 9.17) is 9.47 Å². The van der Waals surface area contributed by atoms with Crippen molar-refractivity contribution in [3.63, 3.8) is 0 Å². The number of pyridine rings is 1. The fraction of sp³-hybridized carbons (Fsp3) is 0.208. The lowest BCUT2D eigenvalue weighted by molar-refractivity contribution is -0.153. The van der Waals surface area contributed by atoms with Gasteiger partial charge >= 0.3 is 6.18 Å². The number of hydrogen-bond acceptors (Lipinski definition) is 7. The number of ether oxygens (including phenoxy) is 2.